The van der Waals surface area contributed by atoms with Crippen molar-refractivity contribution < 1.29 is 14.3 Å². The number of carbonyl (C=O) groups is 1. The number of epoxide rings is 1. The SMILES string of the molecule is CC1CCCC2OC12C(=O)OC1CCCCC1. The van der Waals surface area contributed by atoms with Crippen LogP contribution in [0.15, 0.2) is 0 Å². The Morgan fingerprint density at radius 1 is 1.12 bits per heavy atom. The first kappa shape index (κ1) is 11.5. The third-order valence-electron chi connectivity index (χ3n) is 4.74. The van der Waals surface area contributed by atoms with E-state index in [1.165, 1.54) is 25.7 Å². The van der Waals surface area contributed by atoms with Gasteiger partial charge in [0.05, 0.1) is 6.10 Å². The summed E-state index contributed by atoms with van der Waals surface area (Å²) in [6, 6.07) is 0. The Hall–Kier alpha value is -0.570. The maximum absolute atomic E-state index is 12.3. The first-order chi connectivity index (χ1) is 8.23. The number of carbonyl (C=O) groups excluding carboxylic acids is 1. The molecular weight excluding hydrogens is 216 g/mol. The molecule has 0 amide bonds. The molecule has 3 aliphatic rings. The maximum atomic E-state index is 12.3. The fourth-order valence-corrected chi connectivity index (χ4v) is 3.54. The van der Waals surface area contributed by atoms with E-state index in [-0.39, 0.29) is 18.2 Å². The smallest absolute Gasteiger partial charge is 0.341 e. The summed E-state index contributed by atoms with van der Waals surface area (Å²) < 4.78 is 11.4. The highest BCUT2D eigenvalue weighted by atomic mass is 16.7. The molecule has 3 atom stereocenters. The predicted octanol–water partition coefficient (Wildman–Crippen LogP) is 2.82. The van der Waals surface area contributed by atoms with Gasteiger partial charge in [0.2, 0.25) is 0 Å². The van der Waals surface area contributed by atoms with Gasteiger partial charge in [-0.15, -0.1) is 0 Å². The minimum atomic E-state index is -0.546. The van der Waals surface area contributed by atoms with Gasteiger partial charge in [0, 0.05) is 0 Å². The van der Waals surface area contributed by atoms with E-state index in [0.717, 1.165) is 25.7 Å². The second kappa shape index (κ2) is 4.27. The highest BCUT2D eigenvalue weighted by Crippen LogP contribution is 2.52. The van der Waals surface area contributed by atoms with Crippen LogP contribution in [0.25, 0.3) is 0 Å². The normalized spacial score (nSPS) is 41.7. The summed E-state index contributed by atoms with van der Waals surface area (Å²) in [5.41, 5.74) is -0.546. The monoisotopic (exact) mass is 238 g/mol. The minimum Gasteiger partial charge on any atom is -0.460 e. The van der Waals surface area contributed by atoms with E-state index in [1.807, 2.05) is 0 Å². The van der Waals surface area contributed by atoms with Gasteiger partial charge in [0.25, 0.3) is 0 Å². The first-order valence-corrected chi connectivity index (χ1v) is 7.12. The highest BCUT2D eigenvalue weighted by molar-refractivity contribution is 5.84. The Labute approximate surface area is 103 Å². The molecule has 3 fully saturated rings. The lowest BCUT2D eigenvalue weighted by molar-refractivity contribution is -0.159. The van der Waals surface area contributed by atoms with Crippen LogP contribution in [-0.4, -0.2) is 23.8 Å². The van der Waals surface area contributed by atoms with Crippen molar-refractivity contribution in [3.63, 3.8) is 0 Å². The van der Waals surface area contributed by atoms with Crippen LogP contribution in [0, 0.1) is 5.92 Å². The fraction of sp³-hybridized carbons (Fsp3) is 0.929. The highest BCUT2D eigenvalue weighted by Gasteiger charge is 2.68. The van der Waals surface area contributed by atoms with Crippen molar-refractivity contribution in [3.05, 3.63) is 0 Å². The summed E-state index contributed by atoms with van der Waals surface area (Å²) in [4.78, 5) is 12.3. The van der Waals surface area contributed by atoms with Gasteiger partial charge in [-0.25, -0.2) is 4.79 Å². The average molecular weight is 238 g/mol. The zero-order valence-corrected chi connectivity index (χ0v) is 10.6. The molecule has 1 saturated heterocycles. The summed E-state index contributed by atoms with van der Waals surface area (Å²) in [5, 5.41) is 0. The van der Waals surface area contributed by atoms with Gasteiger partial charge in [-0.1, -0.05) is 19.8 Å². The summed E-state index contributed by atoms with van der Waals surface area (Å²) in [5.74, 6) is 0.263. The first-order valence-electron chi connectivity index (χ1n) is 7.12. The molecule has 0 aromatic carbocycles. The van der Waals surface area contributed by atoms with Crippen LogP contribution in [-0.2, 0) is 14.3 Å². The van der Waals surface area contributed by atoms with E-state index in [4.69, 9.17) is 9.47 Å². The van der Waals surface area contributed by atoms with Gasteiger partial charge in [0.15, 0.2) is 5.60 Å². The van der Waals surface area contributed by atoms with E-state index in [0.29, 0.717) is 5.92 Å². The lowest BCUT2D eigenvalue weighted by Crippen LogP contribution is -2.40. The van der Waals surface area contributed by atoms with E-state index in [1.54, 1.807) is 0 Å². The van der Waals surface area contributed by atoms with Gasteiger partial charge in [0.1, 0.15) is 6.10 Å². The largest absolute Gasteiger partial charge is 0.460 e. The molecule has 0 aromatic heterocycles. The van der Waals surface area contributed by atoms with Crippen LogP contribution in [0.1, 0.15) is 58.3 Å². The average Bonchev–Trinajstić information content (AvgIpc) is 3.07. The lowest BCUT2D eigenvalue weighted by atomic mass is 9.80. The Morgan fingerprint density at radius 2 is 1.88 bits per heavy atom. The van der Waals surface area contributed by atoms with Gasteiger partial charge in [-0.2, -0.15) is 0 Å². The second-order valence-corrected chi connectivity index (χ2v) is 5.90. The van der Waals surface area contributed by atoms with Gasteiger partial charge >= 0.3 is 5.97 Å². The molecule has 0 N–H and O–H groups in total. The van der Waals surface area contributed by atoms with Crippen molar-refractivity contribution in [2.45, 2.75) is 76.1 Å². The summed E-state index contributed by atoms with van der Waals surface area (Å²) in [7, 11) is 0. The van der Waals surface area contributed by atoms with Crippen LogP contribution in [0.2, 0.25) is 0 Å². The van der Waals surface area contributed by atoms with E-state index in [2.05, 4.69) is 6.92 Å². The third kappa shape index (κ3) is 1.88. The molecule has 2 saturated carbocycles. The minimum absolute atomic E-state index is 0.0680. The number of hydrogen-bond acceptors (Lipinski definition) is 3. The van der Waals surface area contributed by atoms with Crippen molar-refractivity contribution in [1.82, 2.24) is 0 Å². The molecule has 1 aliphatic heterocycles. The molecule has 0 radical (unpaired) electrons. The van der Waals surface area contributed by atoms with Crippen molar-refractivity contribution >= 4 is 5.97 Å². The number of esters is 1. The van der Waals surface area contributed by atoms with Crippen LogP contribution >= 0.6 is 0 Å². The Balaban J connectivity index is 1.62. The Morgan fingerprint density at radius 3 is 2.59 bits per heavy atom. The summed E-state index contributed by atoms with van der Waals surface area (Å²) in [6.07, 6.45) is 9.39. The molecule has 3 heteroatoms. The number of ether oxygens (including phenoxy) is 2. The van der Waals surface area contributed by atoms with E-state index in [9.17, 15) is 4.79 Å². The predicted molar refractivity (Wildman–Crippen MR) is 63.6 cm³/mol. The number of fused-ring (bicyclic) bond motifs is 1. The van der Waals surface area contributed by atoms with Crippen LogP contribution < -0.4 is 0 Å². The maximum Gasteiger partial charge on any atom is 0.341 e. The quantitative estimate of drug-likeness (QED) is 0.548. The lowest BCUT2D eigenvalue weighted by Gasteiger charge is -2.27. The van der Waals surface area contributed by atoms with Crippen LogP contribution in [0.3, 0.4) is 0 Å². The topological polar surface area (TPSA) is 38.8 Å². The van der Waals surface area contributed by atoms with Crippen molar-refractivity contribution in [3.8, 4) is 0 Å². The third-order valence-corrected chi connectivity index (χ3v) is 4.74. The molecule has 0 spiro atoms. The molecule has 3 rings (SSSR count). The Kier molecular flexibility index (Phi) is 2.89. The second-order valence-electron chi connectivity index (χ2n) is 5.90. The van der Waals surface area contributed by atoms with Gasteiger partial charge in [-0.05, 0) is 44.4 Å². The fourth-order valence-electron chi connectivity index (χ4n) is 3.54. The van der Waals surface area contributed by atoms with Crippen LogP contribution in [0.4, 0.5) is 0 Å². The molecule has 3 nitrogen and oxygen atoms in total. The standard InChI is InChI=1S/C14H22O3/c1-10-6-5-9-12-14(10,17-12)13(15)16-11-7-3-2-4-8-11/h10-12H,2-9H2,1H3. The van der Waals surface area contributed by atoms with E-state index < -0.39 is 5.60 Å². The van der Waals surface area contributed by atoms with Crippen molar-refractivity contribution in [2.75, 3.05) is 0 Å². The molecule has 96 valence electrons. The van der Waals surface area contributed by atoms with Gasteiger partial charge < -0.3 is 9.47 Å². The Bertz CT molecular complexity index is 309. The molecule has 0 aromatic rings. The number of rotatable bonds is 2. The van der Waals surface area contributed by atoms with Crippen molar-refractivity contribution in [2.24, 2.45) is 5.92 Å². The zero-order valence-electron chi connectivity index (χ0n) is 10.6. The molecule has 17 heavy (non-hydrogen) atoms. The molecule has 2 aliphatic carbocycles. The van der Waals surface area contributed by atoms with Gasteiger partial charge in [-0.3, -0.25) is 0 Å². The molecule has 1 heterocycles. The molecule has 0 bridgehead atoms. The zero-order chi connectivity index (χ0) is 11.9. The molecular formula is C14H22O3. The van der Waals surface area contributed by atoms with Crippen molar-refractivity contribution in [1.29, 1.82) is 0 Å². The van der Waals surface area contributed by atoms with Crippen LogP contribution in [0.5, 0.6) is 0 Å². The summed E-state index contributed by atoms with van der Waals surface area (Å²) in [6.45, 7) is 2.13. The summed E-state index contributed by atoms with van der Waals surface area (Å²) >= 11 is 0. The van der Waals surface area contributed by atoms with E-state index >= 15 is 0 Å². The number of hydrogen-bond donors (Lipinski definition) is 0. The molecule has 3 unspecified atom stereocenters.